The summed E-state index contributed by atoms with van der Waals surface area (Å²) in [6.07, 6.45) is 9.62. The van der Waals surface area contributed by atoms with Crippen molar-refractivity contribution in [1.29, 1.82) is 0 Å². The highest BCUT2D eigenvalue weighted by atomic mass is 32.2. The number of nitrogens with zero attached hydrogens (tertiary/aromatic N) is 4. The summed E-state index contributed by atoms with van der Waals surface area (Å²) in [4.78, 5) is 44.9. The second-order valence-electron chi connectivity index (χ2n) is 6.31. The van der Waals surface area contributed by atoms with E-state index in [1.54, 1.807) is 61.4 Å². The standard InChI is InChI=1S/C22H12N4O2S2/c27-21-13-3-1-5-15(29-17-11-23-7-9-25-17)19(13)22(28)14-4-2-6-16(20(14)21)30-18-12-24-8-10-26-18/h1-12H. The Hall–Kier alpha value is -3.36. The second kappa shape index (κ2) is 7.81. The van der Waals surface area contributed by atoms with Crippen molar-refractivity contribution in [2.45, 2.75) is 19.8 Å². The van der Waals surface area contributed by atoms with E-state index in [2.05, 4.69) is 19.9 Å². The van der Waals surface area contributed by atoms with Crippen molar-refractivity contribution in [3.05, 3.63) is 95.8 Å². The number of carbonyl (C=O) groups excluding carboxylic acids is 2. The molecule has 4 aromatic rings. The van der Waals surface area contributed by atoms with Crippen LogP contribution in [0.5, 0.6) is 0 Å². The van der Waals surface area contributed by atoms with E-state index in [-0.39, 0.29) is 11.6 Å². The van der Waals surface area contributed by atoms with Gasteiger partial charge in [-0.3, -0.25) is 19.6 Å². The lowest BCUT2D eigenvalue weighted by molar-refractivity contribution is 0.0974. The van der Waals surface area contributed by atoms with Crippen LogP contribution in [0, 0.1) is 0 Å². The van der Waals surface area contributed by atoms with Gasteiger partial charge in [-0.1, -0.05) is 47.8 Å². The average Bonchev–Trinajstić information content (AvgIpc) is 2.79. The zero-order chi connectivity index (χ0) is 20.5. The summed E-state index contributed by atoms with van der Waals surface area (Å²) >= 11 is 2.64. The van der Waals surface area contributed by atoms with Crippen LogP contribution in [0.3, 0.4) is 0 Å². The lowest BCUT2D eigenvalue weighted by Crippen LogP contribution is -2.22. The van der Waals surface area contributed by atoms with Crippen molar-refractivity contribution in [3.8, 4) is 0 Å². The largest absolute Gasteiger partial charge is 0.289 e. The Balaban J connectivity index is 1.60. The molecule has 1 aliphatic carbocycles. The maximum absolute atomic E-state index is 13.4. The zero-order valence-electron chi connectivity index (χ0n) is 15.4. The average molecular weight is 428 g/mol. The van der Waals surface area contributed by atoms with Gasteiger partial charge >= 0.3 is 0 Å². The molecule has 144 valence electrons. The lowest BCUT2D eigenvalue weighted by atomic mass is 9.84. The third-order valence-corrected chi connectivity index (χ3v) is 6.46. The minimum Gasteiger partial charge on any atom is -0.289 e. The van der Waals surface area contributed by atoms with Crippen LogP contribution < -0.4 is 0 Å². The van der Waals surface area contributed by atoms with E-state index in [0.717, 1.165) is 0 Å². The van der Waals surface area contributed by atoms with Crippen LogP contribution in [0.4, 0.5) is 0 Å². The molecule has 30 heavy (non-hydrogen) atoms. The van der Waals surface area contributed by atoms with E-state index < -0.39 is 0 Å². The molecule has 0 aliphatic heterocycles. The molecule has 6 nitrogen and oxygen atoms in total. The highest BCUT2D eigenvalue weighted by molar-refractivity contribution is 7.99. The molecule has 0 saturated carbocycles. The fraction of sp³-hybridized carbons (Fsp3) is 0. The Morgan fingerprint density at radius 3 is 1.47 bits per heavy atom. The minimum absolute atomic E-state index is 0.173. The van der Waals surface area contributed by atoms with Gasteiger partial charge in [-0.15, -0.1) is 0 Å². The van der Waals surface area contributed by atoms with Crippen molar-refractivity contribution in [1.82, 2.24) is 19.9 Å². The molecule has 0 fully saturated rings. The topological polar surface area (TPSA) is 85.7 Å². The van der Waals surface area contributed by atoms with Gasteiger partial charge in [0.15, 0.2) is 11.6 Å². The molecular weight excluding hydrogens is 416 g/mol. The summed E-state index contributed by atoms with van der Waals surface area (Å²) < 4.78 is 0. The van der Waals surface area contributed by atoms with Gasteiger partial charge in [0.1, 0.15) is 10.1 Å². The normalized spacial score (nSPS) is 12.4. The molecule has 0 N–H and O–H groups in total. The molecule has 0 bridgehead atoms. The Morgan fingerprint density at radius 2 is 1.07 bits per heavy atom. The van der Waals surface area contributed by atoms with Crippen molar-refractivity contribution < 1.29 is 9.59 Å². The van der Waals surface area contributed by atoms with Crippen LogP contribution >= 0.6 is 23.5 Å². The fourth-order valence-corrected chi connectivity index (χ4v) is 5.06. The Labute approximate surface area is 180 Å². The summed E-state index contributed by atoms with van der Waals surface area (Å²) in [7, 11) is 0. The van der Waals surface area contributed by atoms with Gasteiger partial charge in [0.25, 0.3) is 0 Å². The molecule has 5 rings (SSSR count). The van der Waals surface area contributed by atoms with Crippen LogP contribution in [-0.4, -0.2) is 31.5 Å². The summed E-state index contributed by atoms with van der Waals surface area (Å²) in [6.45, 7) is 0. The Bertz CT molecular complexity index is 1180. The van der Waals surface area contributed by atoms with Crippen LogP contribution in [0.25, 0.3) is 0 Å². The second-order valence-corrected chi connectivity index (χ2v) is 8.43. The number of rotatable bonds is 4. The first kappa shape index (κ1) is 18.7. The number of hydrogen-bond acceptors (Lipinski definition) is 8. The molecule has 2 aromatic carbocycles. The minimum atomic E-state index is -0.173. The summed E-state index contributed by atoms with van der Waals surface area (Å²) in [5, 5.41) is 1.31. The highest BCUT2D eigenvalue weighted by Gasteiger charge is 2.33. The molecule has 0 unspecified atom stereocenters. The first-order chi connectivity index (χ1) is 14.7. The monoisotopic (exact) mass is 428 g/mol. The lowest BCUT2D eigenvalue weighted by Gasteiger charge is -2.21. The molecule has 0 radical (unpaired) electrons. The third kappa shape index (κ3) is 3.30. The van der Waals surface area contributed by atoms with Crippen LogP contribution in [0.15, 0.2) is 93.4 Å². The maximum atomic E-state index is 13.4. The molecule has 0 atom stereocenters. The number of fused-ring (bicyclic) bond motifs is 2. The van der Waals surface area contributed by atoms with Gasteiger partial charge in [-0.25, -0.2) is 9.97 Å². The molecule has 0 spiro atoms. The summed E-state index contributed by atoms with van der Waals surface area (Å²) in [6, 6.07) is 10.6. The molecule has 8 heteroatoms. The first-order valence-corrected chi connectivity index (χ1v) is 10.6. The molecule has 0 saturated heterocycles. The molecule has 2 aromatic heterocycles. The highest BCUT2D eigenvalue weighted by Crippen LogP contribution is 2.40. The summed E-state index contributed by atoms with van der Waals surface area (Å²) in [5.41, 5.74) is 1.61. The maximum Gasteiger partial charge on any atom is 0.195 e. The van der Waals surface area contributed by atoms with Gasteiger partial charge in [0.2, 0.25) is 0 Å². The molecule has 1 aliphatic rings. The predicted molar refractivity (Wildman–Crippen MR) is 112 cm³/mol. The summed E-state index contributed by atoms with van der Waals surface area (Å²) in [5.74, 6) is -0.346. The number of aromatic nitrogens is 4. The van der Waals surface area contributed by atoms with Gasteiger partial charge < -0.3 is 0 Å². The number of hydrogen-bond donors (Lipinski definition) is 0. The van der Waals surface area contributed by atoms with Crippen LogP contribution in [-0.2, 0) is 0 Å². The Kier molecular flexibility index (Phi) is 4.86. The fourth-order valence-electron chi connectivity index (χ4n) is 3.25. The van der Waals surface area contributed by atoms with E-state index in [4.69, 9.17) is 0 Å². The van der Waals surface area contributed by atoms with Crippen molar-refractivity contribution in [3.63, 3.8) is 0 Å². The van der Waals surface area contributed by atoms with Crippen molar-refractivity contribution in [2.24, 2.45) is 0 Å². The van der Waals surface area contributed by atoms with Gasteiger partial charge in [0, 0.05) is 56.8 Å². The van der Waals surface area contributed by atoms with Crippen LogP contribution in [0.1, 0.15) is 31.8 Å². The third-order valence-electron chi connectivity index (χ3n) is 4.50. The smallest absolute Gasteiger partial charge is 0.195 e. The van der Waals surface area contributed by atoms with E-state index in [9.17, 15) is 9.59 Å². The van der Waals surface area contributed by atoms with E-state index >= 15 is 0 Å². The van der Waals surface area contributed by atoms with E-state index in [1.165, 1.54) is 23.5 Å². The molecule has 2 heterocycles. The zero-order valence-corrected chi connectivity index (χ0v) is 17.0. The van der Waals surface area contributed by atoms with Gasteiger partial charge in [-0.2, -0.15) is 0 Å². The van der Waals surface area contributed by atoms with Crippen LogP contribution in [0.2, 0.25) is 0 Å². The quantitative estimate of drug-likeness (QED) is 0.418. The van der Waals surface area contributed by atoms with E-state index in [1.807, 2.05) is 12.1 Å². The predicted octanol–water partition coefficient (Wildman–Crippen LogP) is 4.34. The SMILES string of the molecule is O=C1c2cccc(Sc3cnccn3)c2C(=O)c2cccc(Sc3cnccn3)c21. The first-order valence-electron chi connectivity index (χ1n) is 8.95. The number of carbonyl (C=O) groups is 2. The molecular formula is C22H12N4O2S2. The van der Waals surface area contributed by atoms with Gasteiger partial charge in [0.05, 0.1) is 12.4 Å². The Morgan fingerprint density at radius 1 is 0.600 bits per heavy atom. The molecule has 0 amide bonds. The van der Waals surface area contributed by atoms with E-state index in [0.29, 0.717) is 42.1 Å². The number of ketones is 2. The van der Waals surface area contributed by atoms with Crippen molar-refractivity contribution >= 4 is 35.1 Å². The van der Waals surface area contributed by atoms with Gasteiger partial charge in [-0.05, 0) is 12.1 Å². The number of benzene rings is 2. The van der Waals surface area contributed by atoms with Crippen molar-refractivity contribution in [2.75, 3.05) is 0 Å².